The molecular formula is C18H18BrFN2O. The number of anilines is 1. The van der Waals surface area contributed by atoms with Gasteiger partial charge in [0.15, 0.2) is 0 Å². The fraction of sp³-hybridized carbons (Fsp3) is 0.278. The van der Waals surface area contributed by atoms with E-state index in [1.54, 1.807) is 17.0 Å². The van der Waals surface area contributed by atoms with E-state index in [-0.39, 0.29) is 17.8 Å². The summed E-state index contributed by atoms with van der Waals surface area (Å²) in [6, 6.07) is 12.6. The van der Waals surface area contributed by atoms with Gasteiger partial charge in [0.1, 0.15) is 5.82 Å². The number of benzene rings is 2. The zero-order valence-electron chi connectivity index (χ0n) is 12.9. The van der Waals surface area contributed by atoms with Crippen molar-refractivity contribution in [1.29, 1.82) is 0 Å². The number of carbonyl (C=O) groups is 1. The highest BCUT2D eigenvalue weighted by Crippen LogP contribution is 2.32. The predicted molar refractivity (Wildman–Crippen MR) is 93.0 cm³/mol. The fourth-order valence-corrected chi connectivity index (χ4v) is 3.26. The van der Waals surface area contributed by atoms with E-state index >= 15 is 0 Å². The van der Waals surface area contributed by atoms with Crippen molar-refractivity contribution in [3.8, 4) is 0 Å². The Morgan fingerprint density at radius 2 is 2.00 bits per heavy atom. The molecule has 0 aliphatic carbocycles. The zero-order valence-corrected chi connectivity index (χ0v) is 14.4. The van der Waals surface area contributed by atoms with Crippen molar-refractivity contribution in [3.05, 3.63) is 63.9 Å². The number of carbonyl (C=O) groups excluding carboxylic acids is 1. The first kappa shape index (κ1) is 16.0. The number of nitrogens with zero attached hydrogens (tertiary/aromatic N) is 1. The molecule has 0 bridgehead atoms. The molecule has 1 heterocycles. The molecule has 2 aromatic carbocycles. The van der Waals surface area contributed by atoms with Gasteiger partial charge in [0.25, 0.3) is 0 Å². The summed E-state index contributed by atoms with van der Waals surface area (Å²) in [5.41, 5.74) is 2.52. The highest BCUT2D eigenvalue weighted by molar-refractivity contribution is 9.10. The standard InChI is InChI=1S/C18H18BrFN2O/c1-12-4-6-13(7-5-12)17-3-2-10-22(17)18(23)21-16-9-8-14(19)11-15(16)20/h4-9,11,17H,2-3,10H2,1H3,(H,21,23)/t17-/m0/s1. The summed E-state index contributed by atoms with van der Waals surface area (Å²) < 4.78 is 14.5. The van der Waals surface area contributed by atoms with Crippen LogP contribution in [0.5, 0.6) is 0 Å². The van der Waals surface area contributed by atoms with E-state index in [2.05, 4.69) is 45.5 Å². The van der Waals surface area contributed by atoms with E-state index in [0.29, 0.717) is 11.0 Å². The Morgan fingerprint density at radius 3 is 2.70 bits per heavy atom. The number of halogens is 2. The van der Waals surface area contributed by atoms with Gasteiger partial charge in [0.2, 0.25) is 0 Å². The Kier molecular flexibility index (Phi) is 4.66. The minimum absolute atomic E-state index is 0.0501. The lowest BCUT2D eigenvalue weighted by atomic mass is 10.0. The van der Waals surface area contributed by atoms with Gasteiger partial charge in [-0.05, 0) is 43.5 Å². The van der Waals surface area contributed by atoms with Crippen molar-refractivity contribution in [1.82, 2.24) is 4.90 Å². The number of urea groups is 1. The Morgan fingerprint density at radius 1 is 1.26 bits per heavy atom. The third-order valence-corrected chi connectivity index (χ3v) is 4.64. The molecule has 1 N–H and O–H groups in total. The molecular weight excluding hydrogens is 359 g/mol. The van der Waals surface area contributed by atoms with E-state index in [9.17, 15) is 9.18 Å². The summed E-state index contributed by atoms with van der Waals surface area (Å²) in [7, 11) is 0. The van der Waals surface area contributed by atoms with E-state index < -0.39 is 5.82 Å². The van der Waals surface area contributed by atoms with Gasteiger partial charge in [-0.2, -0.15) is 0 Å². The molecule has 2 amide bonds. The summed E-state index contributed by atoms with van der Waals surface area (Å²) in [5.74, 6) is -0.446. The third-order valence-electron chi connectivity index (χ3n) is 4.15. The van der Waals surface area contributed by atoms with Crippen molar-refractivity contribution in [2.45, 2.75) is 25.8 Å². The van der Waals surface area contributed by atoms with Gasteiger partial charge in [0.05, 0.1) is 11.7 Å². The summed E-state index contributed by atoms with van der Waals surface area (Å²) >= 11 is 3.21. The monoisotopic (exact) mass is 376 g/mol. The molecule has 1 saturated heterocycles. The molecule has 0 spiro atoms. The molecule has 23 heavy (non-hydrogen) atoms. The normalized spacial score (nSPS) is 17.3. The van der Waals surface area contributed by atoms with Gasteiger partial charge in [0, 0.05) is 11.0 Å². The Balaban J connectivity index is 1.76. The number of hydrogen-bond acceptors (Lipinski definition) is 1. The van der Waals surface area contributed by atoms with Crippen LogP contribution in [-0.2, 0) is 0 Å². The van der Waals surface area contributed by atoms with Crippen LogP contribution in [0.4, 0.5) is 14.9 Å². The van der Waals surface area contributed by atoms with Gasteiger partial charge in [-0.3, -0.25) is 0 Å². The Hall–Kier alpha value is -1.88. The Labute approximate surface area is 143 Å². The smallest absolute Gasteiger partial charge is 0.317 e. The lowest BCUT2D eigenvalue weighted by Crippen LogP contribution is -2.34. The number of rotatable bonds is 2. The van der Waals surface area contributed by atoms with Crippen LogP contribution in [0.1, 0.15) is 30.0 Å². The zero-order chi connectivity index (χ0) is 16.4. The minimum Gasteiger partial charge on any atom is -0.317 e. The van der Waals surface area contributed by atoms with Crippen LogP contribution >= 0.6 is 15.9 Å². The van der Waals surface area contributed by atoms with Crippen LogP contribution in [0.3, 0.4) is 0 Å². The van der Waals surface area contributed by atoms with E-state index in [1.165, 1.54) is 11.6 Å². The molecule has 1 fully saturated rings. The molecule has 0 saturated carbocycles. The maximum Gasteiger partial charge on any atom is 0.322 e. The number of likely N-dealkylation sites (tertiary alicyclic amines) is 1. The van der Waals surface area contributed by atoms with Gasteiger partial charge in [-0.15, -0.1) is 0 Å². The SMILES string of the molecule is Cc1ccc([C@@H]2CCCN2C(=O)Nc2ccc(Br)cc2F)cc1. The summed E-state index contributed by atoms with van der Waals surface area (Å²) in [6.07, 6.45) is 1.88. The largest absolute Gasteiger partial charge is 0.322 e. The number of aryl methyl sites for hydroxylation is 1. The van der Waals surface area contributed by atoms with Crippen molar-refractivity contribution in [2.24, 2.45) is 0 Å². The Bertz CT molecular complexity index is 717. The van der Waals surface area contributed by atoms with Crippen LogP contribution < -0.4 is 5.32 Å². The van der Waals surface area contributed by atoms with Crippen molar-refractivity contribution in [3.63, 3.8) is 0 Å². The lowest BCUT2D eigenvalue weighted by Gasteiger charge is -2.25. The van der Waals surface area contributed by atoms with Crippen LogP contribution in [0, 0.1) is 12.7 Å². The summed E-state index contributed by atoms with van der Waals surface area (Å²) in [5, 5.41) is 2.68. The molecule has 1 atom stereocenters. The van der Waals surface area contributed by atoms with Crippen molar-refractivity contribution < 1.29 is 9.18 Å². The van der Waals surface area contributed by atoms with Crippen molar-refractivity contribution in [2.75, 3.05) is 11.9 Å². The van der Waals surface area contributed by atoms with Gasteiger partial charge >= 0.3 is 6.03 Å². The van der Waals surface area contributed by atoms with Crippen LogP contribution in [0.15, 0.2) is 46.9 Å². The average Bonchev–Trinajstić information content (AvgIpc) is 3.00. The molecule has 1 aliphatic rings. The predicted octanol–water partition coefficient (Wildman–Crippen LogP) is 5.27. The third kappa shape index (κ3) is 3.55. The maximum absolute atomic E-state index is 13.9. The minimum atomic E-state index is -0.446. The molecule has 1 aliphatic heterocycles. The van der Waals surface area contributed by atoms with Crippen LogP contribution in [-0.4, -0.2) is 17.5 Å². The first-order valence-corrected chi connectivity index (χ1v) is 8.43. The molecule has 0 unspecified atom stereocenters. The van der Waals surface area contributed by atoms with Crippen LogP contribution in [0.25, 0.3) is 0 Å². The van der Waals surface area contributed by atoms with E-state index in [1.807, 2.05) is 6.92 Å². The molecule has 2 aromatic rings. The number of hydrogen-bond donors (Lipinski definition) is 1. The highest BCUT2D eigenvalue weighted by atomic mass is 79.9. The van der Waals surface area contributed by atoms with Gasteiger partial charge < -0.3 is 10.2 Å². The topological polar surface area (TPSA) is 32.3 Å². The number of nitrogens with one attached hydrogen (secondary N) is 1. The average molecular weight is 377 g/mol. The molecule has 3 rings (SSSR count). The molecule has 3 nitrogen and oxygen atoms in total. The van der Waals surface area contributed by atoms with Gasteiger partial charge in [-0.25, -0.2) is 9.18 Å². The van der Waals surface area contributed by atoms with E-state index in [4.69, 9.17) is 0 Å². The molecule has 120 valence electrons. The molecule has 0 radical (unpaired) electrons. The quantitative estimate of drug-likeness (QED) is 0.760. The van der Waals surface area contributed by atoms with E-state index in [0.717, 1.165) is 18.4 Å². The fourth-order valence-electron chi connectivity index (χ4n) is 2.92. The first-order chi connectivity index (χ1) is 11.0. The molecule has 0 aromatic heterocycles. The maximum atomic E-state index is 13.9. The summed E-state index contributed by atoms with van der Waals surface area (Å²) in [4.78, 5) is 14.3. The van der Waals surface area contributed by atoms with Gasteiger partial charge in [-0.1, -0.05) is 45.8 Å². The second kappa shape index (κ2) is 6.71. The van der Waals surface area contributed by atoms with Crippen molar-refractivity contribution >= 4 is 27.6 Å². The lowest BCUT2D eigenvalue weighted by molar-refractivity contribution is 0.207. The second-order valence-corrected chi connectivity index (χ2v) is 6.73. The van der Waals surface area contributed by atoms with Crippen LogP contribution in [0.2, 0.25) is 0 Å². The molecule has 5 heteroatoms. The first-order valence-electron chi connectivity index (χ1n) is 7.64. The summed E-state index contributed by atoms with van der Waals surface area (Å²) in [6.45, 7) is 2.72. The highest BCUT2D eigenvalue weighted by Gasteiger charge is 2.30. The second-order valence-electron chi connectivity index (χ2n) is 5.82. The number of amides is 2.